The Hall–Kier alpha value is -1.94. The van der Waals surface area contributed by atoms with Gasteiger partial charge in [-0.1, -0.05) is 24.3 Å². The van der Waals surface area contributed by atoms with Gasteiger partial charge in [-0.05, 0) is 44.0 Å². The molecule has 3 rings (SSSR count). The molecule has 2 heterocycles. The average molecular weight is 268 g/mol. The number of nitrogens with two attached hydrogens (primary N) is 1. The van der Waals surface area contributed by atoms with Gasteiger partial charge < -0.3 is 5.73 Å². The van der Waals surface area contributed by atoms with Gasteiger partial charge in [-0.25, -0.2) is 9.97 Å². The predicted octanol–water partition coefficient (Wildman–Crippen LogP) is 2.88. The van der Waals surface area contributed by atoms with Crippen LogP contribution >= 0.6 is 0 Å². The van der Waals surface area contributed by atoms with E-state index in [0.717, 1.165) is 11.1 Å². The predicted molar refractivity (Wildman–Crippen MR) is 81.1 cm³/mol. The minimum Gasteiger partial charge on any atom is -0.368 e. The summed E-state index contributed by atoms with van der Waals surface area (Å²) < 4.78 is 0. The van der Waals surface area contributed by atoms with Crippen molar-refractivity contribution in [1.82, 2.24) is 14.9 Å². The highest BCUT2D eigenvalue weighted by Gasteiger charge is 2.19. The van der Waals surface area contributed by atoms with Crippen LogP contribution in [0.4, 0.5) is 5.95 Å². The second-order valence-electron chi connectivity index (χ2n) is 5.37. The molecule has 104 valence electrons. The molecule has 4 nitrogen and oxygen atoms in total. The van der Waals surface area contributed by atoms with Gasteiger partial charge in [-0.15, -0.1) is 0 Å². The largest absolute Gasteiger partial charge is 0.368 e. The van der Waals surface area contributed by atoms with E-state index >= 15 is 0 Å². The van der Waals surface area contributed by atoms with E-state index in [-0.39, 0.29) is 0 Å². The van der Waals surface area contributed by atoms with Gasteiger partial charge in [-0.3, -0.25) is 4.90 Å². The molecule has 0 bridgehead atoms. The summed E-state index contributed by atoms with van der Waals surface area (Å²) in [6, 6.07) is 9.17. The number of aromatic nitrogens is 2. The lowest BCUT2D eigenvalue weighted by atomic mass is 10.0. The molecule has 20 heavy (non-hydrogen) atoms. The molecule has 1 aromatic carbocycles. The quantitative estimate of drug-likeness (QED) is 0.930. The lowest BCUT2D eigenvalue weighted by Crippen LogP contribution is -2.23. The summed E-state index contributed by atoms with van der Waals surface area (Å²) in [6.07, 6.45) is 6.18. The zero-order chi connectivity index (χ0) is 13.9. The molecule has 0 radical (unpaired) electrons. The van der Waals surface area contributed by atoms with Gasteiger partial charge in [0.25, 0.3) is 0 Å². The van der Waals surface area contributed by atoms with Crippen LogP contribution in [-0.4, -0.2) is 28.0 Å². The Morgan fingerprint density at radius 2 is 1.60 bits per heavy atom. The van der Waals surface area contributed by atoms with Crippen LogP contribution in [-0.2, 0) is 0 Å². The number of likely N-dealkylation sites (tertiary alicyclic amines) is 1. The van der Waals surface area contributed by atoms with Crippen LogP contribution in [0.5, 0.6) is 0 Å². The Kier molecular flexibility index (Phi) is 3.65. The van der Waals surface area contributed by atoms with E-state index in [1.807, 2.05) is 0 Å². The third kappa shape index (κ3) is 2.65. The highest BCUT2D eigenvalue weighted by molar-refractivity contribution is 5.62. The van der Waals surface area contributed by atoms with E-state index in [9.17, 15) is 0 Å². The van der Waals surface area contributed by atoms with Crippen LogP contribution < -0.4 is 5.73 Å². The third-order valence-electron chi connectivity index (χ3n) is 4.09. The summed E-state index contributed by atoms with van der Waals surface area (Å²) in [5.41, 5.74) is 9.01. The van der Waals surface area contributed by atoms with Crippen molar-refractivity contribution in [2.75, 3.05) is 18.8 Å². The molecule has 1 aliphatic heterocycles. The number of nitrogens with zero attached hydrogens (tertiary/aromatic N) is 3. The zero-order valence-electron chi connectivity index (χ0n) is 11.8. The average Bonchev–Trinajstić information content (AvgIpc) is 3.02. The molecule has 0 saturated carbocycles. The number of anilines is 1. The third-order valence-corrected chi connectivity index (χ3v) is 4.09. The number of hydrogen-bond donors (Lipinski definition) is 1. The fraction of sp³-hybridized carbons (Fsp3) is 0.375. The fourth-order valence-corrected chi connectivity index (χ4v) is 2.78. The summed E-state index contributed by atoms with van der Waals surface area (Å²) in [5, 5.41) is 0. The van der Waals surface area contributed by atoms with Crippen molar-refractivity contribution in [3.05, 3.63) is 42.2 Å². The second kappa shape index (κ2) is 5.59. The maximum absolute atomic E-state index is 5.51. The Labute approximate surface area is 119 Å². The Morgan fingerprint density at radius 3 is 2.20 bits per heavy atom. The first-order chi connectivity index (χ1) is 9.74. The summed E-state index contributed by atoms with van der Waals surface area (Å²) in [6.45, 7) is 4.72. The normalized spacial score (nSPS) is 17.2. The van der Waals surface area contributed by atoms with E-state index < -0.39 is 0 Å². The van der Waals surface area contributed by atoms with Crippen molar-refractivity contribution in [2.45, 2.75) is 25.8 Å². The lowest BCUT2D eigenvalue weighted by Gasteiger charge is -2.24. The molecule has 1 fully saturated rings. The molecule has 1 saturated heterocycles. The van der Waals surface area contributed by atoms with Gasteiger partial charge in [-0.2, -0.15) is 0 Å². The minimum absolute atomic E-state index is 0.313. The zero-order valence-corrected chi connectivity index (χ0v) is 11.8. The van der Waals surface area contributed by atoms with Gasteiger partial charge in [0.05, 0.1) is 0 Å². The van der Waals surface area contributed by atoms with Crippen LogP contribution in [0.1, 0.15) is 31.4 Å². The van der Waals surface area contributed by atoms with Gasteiger partial charge in [0.15, 0.2) is 0 Å². The Morgan fingerprint density at radius 1 is 1.00 bits per heavy atom. The van der Waals surface area contributed by atoms with Gasteiger partial charge in [0, 0.05) is 24.0 Å². The van der Waals surface area contributed by atoms with Crippen LogP contribution in [0.2, 0.25) is 0 Å². The lowest BCUT2D eigenvalue weighted by molar-refractivity contribution is 0.263. The Bertz CT molecular complexity index is 556. The van der Waals surface area contributed by atoms with Crippen molar-refractivity contribution >= 4 is 5.95 Å². The minimum atomic E-state index is 0.313. The molecular formula is C16H20N4. The summed E-state index contributed by atoms with van der Waals surface area (Å²) in [7, 11) is 0. The van der Waals surface area contributed by atoms with Crippen molar-refractivity contribution in [3.8, 4) is 11.1 Å². The van der Waals surface area contributed by atoms with Gasteiger partial charge >= 0.3 is 0 Å². The molecular weight excluding hydrogens is 248 g/mol. The van der Waals surface area contributed by atoms with E-state index in [1.165, 1.54) is 31.5 Å². The summed E-state index contributed by atoms with van der Waals surface area (Å²) in [5.74, 6) is 0.313. The standard InChI is InChI=1S/C16H20N4/c1-12(20-8-2-3-9-20)13-4-6-14(7-5-13)15-10-18-16(17)19-11-15/h4-7,10-12H,2-3,8-9H2,1H3,(H2,17,18,19). The Balaban J connectivity index is 1.78. The first kappa shape index (κ1) is 13.1. The molecule has 0 aliphatic carbocycles. The highest BCUT2D eigenvalue weighted by Crippen LogP contribution is 2.26. The van der Waals surface area contributed by atoms with Crippen molar-refractivity contribution < 1.29 is 0 Å². The first-order valence-electron chi connectivity index (χ1n) is 7.16. The van der Waals surface area contributed by atoms with Crippen LogP contribution in [0.3, 0.4) is 0 Å². The molecule has 0 spiro atoms. The van der Waals surface area contributed by atoms with Gasteiger partial charge in [0.1, 0.15) is 0 Å². The highest BCUT2D eigenvalue weighted by atomic mass is 15.2. The second-order valence-corrected chi connectivity index (χ2v) is 5.37. The smallest absolute Gasteiger partial charge is 0.219 e. The van der Waals surface area contributed by atoms with E-state index in [2.05, 4.69) is 46.1 Å². The van der Waals surface area contributed by atoms with Crippen molar-refractivity contribution in [2.24, 2.45) is 0 Å². The maximum Gasteiger partial charge on any atom is 0.219 e. The monoisotopic (exact) mass is 268 g/mol. The number of hydrogen-bond acceptors (Lipinski definition) is 4. The number of benzene rings is 1. The fourth-order valence-electron chi connectivity index (χ4n) is 2.78. The van der Waals surface area contributed by atoms with Crippen molar-refractivity contribution in [3.63, 3.8) is 0 Å². The molecule has 0 amide bonds. The summed E-state index contributed by atoms with van der Waals surface area (Å²) in [4.78, 5) is 10.6. The van der Waals surface area contributed by atoms with Gasteiger partial charge in [0.2, 0.25) is 5.95 Å². The molecule has 2 N–H and O–H groups in total. The topological polar surface area (TPSA) is 55.0 Å². The van der Waals surface area contributed by atoms with Crippen LogP contribution in [0.15, 0.2) is 36.7 Å². The SMILES string of the molecule is CC(c1ccc(-c2cnc(N)nc2)cc1)N1CCCC1. The molecule has 1 aliphatic rings. The first-order valence-corrected chi connectivity index (χ1v) is 7.16. The molecule has 1 atom stereocenters. The van der Waals surface area contributed by atoms with E-state index in [4.69, 9.17) is 5.73 Å². The summed E-state index contributed by atoms with van der Waals surface area (Å²) >= 11 is 0. The maximum atomic E-state index is 5.51. The molecule has 1 aromatic heterocycles. The number of rotatable bonds is 3. The number of nitrogen functional groups attached to an aromatic ring is 1. The van der Waals surface area contributed by atoms with Crippen LogP contribution in [0, 0.1) is 0 Å². The van der Waals surface area contributed by atoms with E-state index in [0.29, 0.717) is 12.0 Å². The molecule has 1 unspecified atom stereocenters. The van der Waals surface area contributed by atoms with Crippen molar-refractivity contribution in [1.29, 1.82) is 0 Å². The van der Waals surface area contributed by atoms with E-state index in [1.54, 1.807) is 12.4 Å². The van der Waals surface area contributed by atoms with Crippen LogP contribution in [0.25, 0.3) is 11.1 Å². The molecule has 2 aromatic rings. The molecule has 4 heteroatoms.